The largest absolute Gasteiger partial charge is 0.465 e. The van der Waals surface area contributed by atoms with Crippen molar-refractivity contribution in [1.29, 1.82) is 0 Å². The Morgan fingerprint density at radius 1 is 0.930 bits per heavy atom. The van der Waals surface area contributed by atoms with Gasteiger partial charge in [0.2, 0.25) is 0 Å². The Bertz CT molecular complexity index is 1150. The van der Waals surface area contributed by atoms with Crippen LogP contribution in [0.3, 0.4) is 0 Å². The number of benzene rings is 2. The van der Waals surface area contributed by atoms with Crippen molar-refractivity contribution in [1.82, 2.24) is 0 Å². The first-order valence-corrected chi connectivity index (χ1v) is 14.0. The number of aryl methyl sites for hydroxylation is 2. The van der Waals surface area contributed by atoms with Crippen molar-refractivity contribution in [3.63, 3.8) is 0 Å². The molecule has 1 unspecified atom stereocenters. The average Bonchev–Trinajstić information content (AvgIpc) is 3.43. The molecule has 1 heterocycles. The summed E-state index contributed by atoms with van der Waals surface area (Å²) in [5.41, 5.74) is 1.85. The molecule has 2 aromatic rings. The second-order valence-corrected chi connectivity index (χ2v) is 9.26. The van der Waals surface area contributed by atoms with Crippen molar-refractivity contribution in [2.24, 2.45) is 0 Å². The number of carbonyl (C=O) groups is 2. The maximum Gasteiger partial charge on any atom is 0.325 e. The number of esters is 2. The Balaban J connectivity index is 0.000000672. The molecular formula is C30H44N2O11. The average molecular weight is 609 g/mol. The van der Waals surface area contributed by atoms with Crippen LogP contribution in [0, 0.1) is 34.1 Å². The minimum absolute atomic E-state index is 0.0255. The Labute approximate surface area is 252 Å². The van der Waals surface area contributed by atoms with Gasteiger partial charge in [-0.1, -0.05) is 24.3 Å². The van der Waals surface area contributed by atoms with Crippen molar-refractivity contribution in [3.05, 3.63) is 78.9 Å². The Morgan fingerprint density at radius 3 is 1.79 bits per heavy atom. The van der Waals surface area contributed by atoms with Gasteiger partial charge in [-0.2, -0.15) is 0 Å². The van der Waals surface area contributed by atoms with E-state index in [2.05, 4.69) is 6.92 Å². The molecule has 0 spiro atoms. The van der Waals surface area contributed by atoms with Gasteiger partial charge in [0, 0.05) is 43.9 Å². The fourth-order valence-corrected chi connectivity index (χ4v) is 3.77. The molecular weight excluding hydrogens is 564 g/mol. The van der Waals surface area contributed by atoms with E-state index in [0.29, 0.717) is 23.7 Å². The van der Waals surface area contributed by atoms with Gasteiger partial charge in [0.25, 0.3) is 11.4 Å². The van der Waals surface area contributed by atoms with Crippen LogP contribution in [0.25, 0.3) is 0 Å². The van der Waals surface area contributed by atoms with Crippen molar-refractivity contribution in [2.75, 3.05) is 33.0 Å². The fourth-order valence-electron chi connectivity index (χ4n) is 3.77. The van der Waals surface area contributed by atoms with E-state index in [9.17, 15) is 29.8 Å². The number of rotatable bonds is 9. The van der Waals surface area contributed by atoms with Crippen LogP contribution in [-0.4, -0.2) is 71.1 Å². The number of ether oxygens (including phenoxy) is 3. The van der Waals surface area contributed by atoms with Crippen LogP contribution in [-0.2, 0) is 30.2 Å². The van der Waals surface area contributed by atoms with Gasteiger partial charge in [-0.05, 0) is 65.5 Å². The van der Waals surface area contributed by atoms with Gasteiger partial charge >= 0.3 is 11.9 Å². The van der Waals surface area contributed by atoms with Crippen molar-refractivity contribution in [2.45, 2.75) is 72.8 Å². The summed E-state index contributed by atoms with van der Waals surface area (Å²) < 4.78 is 14.8. The molecule has 0 amide bonds. The van der Waals surface area contributed by atoms with E-state index in [0.717, 1.165) is 12.2 Å². The number of nitrogens with zero attached hydrogens (tertiary/aromatic N) is 2. The topological polar surface area (TPSA) is 189 Å². The van der Waals surface area contributed by atoms with Crippen LogP contribution < -0.4 is 0 Å². The van der Waals surface area contributed by atoms with E-state index in [-0.39, 0.29) is 43.4 Å². The van der Waals surface area contributed by atoms with E-state index < -0.39 is 27.7 Å². The van der Waals surface area contributed by atoms with Gasteiger partial charge in [0.05, 0.1) is 34.7 Å². The molecule has 43 heavy (non-hydrogen) atoms. The molecule has 2 aromatic carbocycles. The molecule has 2 N–H and O–H groups in total. The lowest BCUT2D eigenvalue weighted by Gasteiger charge is -2.15. The standard InChI is InChI=1S/C14H17NO6.C9H11NO3.C5H10O.C2H6O/c1-4-20-13(16)12(14(17)21-5-2)10-7-6-9(3)8-11(10)15(18)19;1-7-2-3-8(4-5-11)9(6-7)10(12)13;1-5-3-2-4-6-5;1-2-3/h6-8,12H,4-5H2,1-3H3;2-3,6,11H,4-5H2,1H3;5H,2-4H2,1H3;3H,2H2,1H3. The first kappa shape index (κ1) is 39.1. The van der Waals surface area contributed by atoms with Gasteiger partial charge in [0.15, 0.2) is 5.92 Å². The van der Waals surface area contributed by atoms with Gasteiger partial charge in [-0.25, -0.2) is 0 Å². The fraction of sp³-hybridized carbons (Fsp3) is 0.533. The molecule has 0 saturated carbocycles. The summed E-state index contributed by atoms with van der Waals surface area (Å²) in [6.45, 7) is 11.8. The number of hydrogen-bond donors (Lipinski definition) is 2. The molecule has 1 saturated heterocycles. The molecule has 13 nitrogen and oxygen atoms in total. The summed E-state index contributed by atoms with van der Waals surface area (Å²) in [6.07, 6.45) is 3.41. The summed E-state index contributed by atoms with van der Waals surface area (Å²) in [5.74, 6) is -3.17. The monoisotopic (exact) mass is 608 g/mol. The number of hydrogen-bond acceptors (Lipinski definition) is 11. The second-order valence-electron chi connectivity index (χ2n) is 9.26. The number of nitro groups is 2. The van der Waals surface area contributed by atoms with E-state index >= 15 is 0 Å². The highest BCUT2D eigenvalue weighted by Gasteiger charge is 2.36. The summed E-state index contributed by atoms with van der Waals surface area (Å²) in [7, 11) is 0. The lowest BCUT2D eigenvalue weighted by molar-refractivity contribution is -0.385. The molecule has 1 aliphatic heterocycles. The smallest absolute Gasteiger partial charge is 0.325 e. The Morgan fingerprint density at radius 2 is 1.42 bits per heavy atom. The Kier molecular flexibility index (Phi) is 19.7. The highest BCUT2D eigenvalue weighted by molar-refractivity contribution is 6.01. The maximum atomic E-state index is 12.0. The predicted molar refractivity (Wildman–Crippen MR) is 160 cm³/mol. The second kappa shape index (κ2) is 21.7. The van der Waals surface area contributed by atoms with E-state index in [4.69, 9.17) is 24.4 Å². The van der Waals surface area contributed by atoms with Crippen molar-refractivity contribution in [3.8, 4) is 0 Å². The van der Waals surface area contributed by atoms with Crippen LogP contribution in [0.1, 0.15) is 68.7 Å². The first-order valence-electron chi connectivity index (χ1n) is 14.0. The quantitative estimate of drug-likeness (QED) is 0.173. The SMILES string of the molecule is CC1CCCO1.CCO.CCOC(=O)C(C(=O)OCC)c1ccc(C)cc1[N+](=O)[O-].Cc1ccc(CCO)c([N+](=O)[O-])c1. The summed E-state index contributed by atoms with van der Waals surface area (Å²) in [6, 6.07) is 9.28. The first-order chi connectivity index (χ1) is 20.4. The van der Waals surface area contributed by atoms with E-state index in [1.807, 2.05) is 0 Å². The third kappa shape index (κ3) is 14.7. The lowest BCUT2D eigenvalue weighted by atomic mass is 9.96. The molecule has 1 aliphatic rings. The molecule has 0 aromatic heterocycles. The molecule has 1 atom stereocenters. The van der Waals surface area contributed by atoms with Crippen LogP contribution in [0.5, 0.6) is 0 Å². The number of aliphatic hydroxyl groups excluding tert-OH is 2. The summed E-state index contributed by atoms with van der Waals surface area (Å²) in [5, 5.41) is 38.0. The third-order valence-electron chi connectivity index (χ3n) is 5.71. The normalized spacial score (nSPS) is 13.3. The zero-order valence-electron chi connectivity index (χ0n) is 25.7. The zero-order chi connectivity index (χ0) is 32.9. The number of aliphatic hydroxyl groups is 2. The number of carbonyl (C=O) groups excluding carboxylic acids is 2. The Hall–Kier alpha value is -3.94. The summed E-state index contributed by atoms with van der Waals surface area (Å²) in [4.78, 5) is 44.6. The van der Waals surface area contributed by atoms with Gasteiger partial charge < -0.3 is 24.4 Å². The van der Waals surface area contributed by atoms with Crippen molar-refractivity contribution < 1.29 is 43.9 Å². The highest BCUT2D eigenvalue weighted by atomic mass is 16.6. The maximum absolute atomic E-state index is 12.0. The van der Waals surface area contributed by atoms with Crippen LogP contribution in [0.15, 0.2) is 36.4 Å². The van der Waals surface area contributed by atoms with Crippen LogP contribution >= 0.6 is 0 Å². The minimum Gasteiger partial charge on any atom is -0.465 e. The van der Waals surface area contributed by atoms with E-state index in [1.165, 1.54) is 31.0 Å². The van der Waals surface area contributed by atoms with Crippen LogP contribution in [0.2, 0.25) is 0 Å². The molecule has 3 rings (SSSR count). The van der Waals surface area contributed by atoms with Gasteiger partial charge in [-0.15, -0.1) is 0 Å². The zero-order valence-corrected chi connectivity index (χ0v) is 25.7. The minimum atomic E-state index is -1.45. The highest BCUT2D eigenvalue weighted by Crippen LogP contribution is 2.30. The third-order valence-corrected chi connectivity index (χ3v) is 5.71. The molecule has 1 fully saturated rings. The summed E-state index contributed by atoms with van der Waals surface area (Å²) >= 11 is 0. The molecule has 240 valence electrons. The molecule has 13 heteroatoms. The molecule has 0 radical (unpaired) electrons. The lowest BCUT2D eigenvalue weighted by Crippen LogP contribution is -2.27. The van der Waals surface area contributed by atoms with Gasteiger partial charge in [0.1, 0.15) is 0 Å². The number of nitro benzene ring substituents is 2. The molecule has 0 bridgehead atoms. The van der Waals surface area contributed by atoms with Gasteiger partial charge in [-0.3, -0.25) is 29.8 Å². The van der Waals surface area contributed by atoms with E-state index in [1.54, 1.807) is 52.8 Å². The van der Waals surface area contributed by atoms with Crippen molar-refractivity contribution >= 4 is 23.3 Å². The molecule has 0 aliphatic carbocycles. The van der Waals surface area contributed by atoms with Crippen LogP contribution in [0.4, 0.5) is 11.4 Å². The predicted octanol–water partition coefficient (Wildman–Crippen LogP) is 4.73.